The Hall–Kier alpha value is -2.99. The van der Waals surface area contributed by atoms with Crippen LogP contribution in [0.2, 0.25) is 0 Å². The summed E-state index contributed by atoms with van der Waals surface area (Å²) >= 11 is 0. The van der Waals surface area contributed by atoms with Crippen LogP contribution in [0.4, 0.5) is 0 Å². The molecule has 0 aromatic heterocycles. The van der Waals surface area contributed by atoms with E-state index < -0.39 is 0 Å². The van der Waals surface area contributed by atoms with Gasteiger partial charge in [-0.15, -0.1) is 0 Å². The second kappa shape index (κ2) is 13.0. The van der Waals surface area contributed by atoms with E-state index in [4.69, 9.17) is 14.2 Å². The highest BCUT2D eigenvalue weighted by Crippen LogP contribution is 2.38. The number of carbonyl (C=O) groups excluding carboxylic acids is 1. The summed E-state index contributed by atoms with van der Waals surface area (Å²) in [6.45, 7) is 4.36. The number of hydrogen-bond acceptors (Lipinski definition) is 5. The van der Waals surface area contributed by atoms with Crippen LogP contribution in [0.15, 0.2) is 48.0 Å². The van der Waals surface area contributed by atoms with Crippen LogP contribution in [0, 0.1) is 0 Å². The Morgan fingerprint density at radius 1 is 1.03 bits per heavy atom. The van der Waals surface area contributed by atoms with Crippen LogP contribution in [0.5, 0.6) is 17.2 Å². The molecule has 184 valence electrons. The zero-order valence-corrected chi connectivity index (χ0v) is 20.9. The minimum absolute atomic E-state index is 0.0475. The normalized spacial score (nSPS) is 16.5. The van der Waals surface area contributed by atoms with Crippen LogP contribution in [0.1, 0.15) is 54.9 Å². The zero-order chi connectivity index (χ0) is 24.3. The molecule has 1 aliphatic rings. The first kappa shape index (κ1) is 25.6. The Morgan fingerprint density at radius 3 is 2.38 bits per heavy atom. The molecule has 34 heavy (non-hydrogen) atoms. The van der Waals surface area contributed by atoms with Gasteiger partial charge in [-0.2, -0.15) is 0 Å². The van der Waals surface area contributed by atoms with E-state index in [0.717, 1.165) is 30.5 Å². The van der Waals surface area contributed by atoms with Gasteiger partial charge in [-0.3, -0.25) is 4.79 Å². The van der Waals surface area contributed by atoms with Gasteiger partial charge in [0.05, 0.1) is 21.3 Å². The monoisotopic (exact) mass is 466 g/mol. The number of methoxy groups -OCH3 is 3. The van der Waals surface area contributed by atoms with Crippen molar-refractivity contribution in [2.24, 2.45) is 0 Å². The number of rotatable bonds is 10. The van der Waals surface area contributed by atoms with Gasteiger partial charge in [0.25, 0.3) is 5.91 Å². The average Bonchev–Trinajstić information content (AvgIpc) is 3.14. The highest BCUT2D eigenvalue weighted by molar-refractivity contribution is 5.96. The van der Waals surface area contributed by atoms with Crippen molar-refractivity contribution in [3.05, 3.63) is 59.2 Å². The minimum Gasteiger partial charge on any atom is -0.493 e. The van der Waals surface area contributed by atoms with Crippen molar-refractivity contribution in [2.75, 3.05) is 41.0 Å². The SMILES string of the molecule is COc1cc(C(=O)N(CCC2CCCCCN2)C/C(C)=C/c2ccccc2)cc(OC)c1OC. The largest absolute Gasteiger partial charge is 0.493 e. The predicted octanol–water partition coefficient (Wildman–Crippen LogP) is 5.18. The van der Waals surface area contributed by atoms with Gasteiger partial charge in [0.15, 0.2) is 11.5 Å². The van der Waals surface area contributed by atoms with E-state index in [0.29, 0.717) is 41.9 Å². The molecule has 1 aliphatic heterocycles. The second-order valence-electron chi connectivity index (χ2n) is 8.83. The highest BCUT2D eigenvalue weighted by atomic mass is 16.5. The van der Waals surface area contributed by atoms with Crippen molar-refractivity contribution < 1.29 is 19.0 Å². The van der Waals surface area contributed by atoms with Crippen LogP contribution in [0.3, 0.4) is 0 Å². The maximum absolute atomic E-state index is 13.7. The van der Waals surface area contributed by atoms with E-state index in [-0.39, 0.29) is 5.91 Å². The summed E-state index contributed by atoms with van der Waals surface area (Å²) in [5, 5.41) is 3.65. The molecule has 6 nitrogen and oxygen atoms in total. The lowest BCUT2D eigenvalue weighted by Gasteiger charge is -2.26. The number of hydrogen-bond donors (Lipinski definition) is 1. The molecule has 1 N–H and O–H groups in total. The van der Waals surface area contributed by atoms with Gasteiger partial charge in [0.2, 0.25) is 5.75 Å². The van der Waals surface area contributed by atoms with Crippen molar-refractivity contribution in [3.8, 4) is 17.2 Å². The van der Waals surface area contributed by atoms with Crippen LogP contribution in [-0.4, -0.2) is 57.8 Å². The summed E-state index contributed by atoms with van der Waals surface area (Å²) < 4.78 is 16.4. The van der Waals surface area contributed by atoms with Crippen molar-refractivity contribution in [1.29, 1.82) is 0 Å². The molecule has 1 atom stereocenters. The van der Waals surface area contributed by atoms with E-state index in [9.17, 15) is 4.79 Å². The Labute approximate surface area is 203 Å². The number of amides is 1. The summed E-state index contributed by atoms with van der Waals surface area (Å²) in [5.41, 5.74) is 2.78. The predicted molar refractivity (Wildman–Crippen MR) is 137 cm³/mol. The maximum Gasteiger partial charge on any atom is 0.254 e. The van der Waals surface area contributed by atoms with Gasteiger partial charge in [-0.05, 0) is 50.4 Å². The van der Waals surface area contributed by atoms with Gasteiger partial charge in [0, 0.05) is 24.7 Å². The molecule has 0 saturated carbocycles. The molecule has 1 heterocycles. The van der Waals surface area contributed by atoms with Gasteiger partial charge >= 0.3 is 0 Å². The second-order valence-corrected chi connectivity index (χ2v) is 8.83. The van der Waals surface area contributed by atoms with Crippen LogP contribution < -0.4 is 19.5 Å². The molecule has 1 amide bonds. The summed E-state index contributed by atoms with van der Waals surface area (Å²) in [4.78, 5) is 15.7. The van der Waals surface area contributed by atoms with Crippen molar-refractivity contribution in [2.45, 2.75) is 45.1 Å². The van der Waals surface area contributed by atoms with E-state index in [1.807, 2.05) is 23.1 Å². The molecule has 0 spiro atoms. The minimum atomic E-state index is -0.0475. The van der Waals surface area contributed by atoms with Gasteiger partial charge in [-0.1, -0.05) is 54.8 Å². The van der Waals surface area contributed by atoms with E-state index in [2.05, 4.69) is 30.4 Å². The molecular weight excluding hydrogens is 428 g/mol. The summed E-state index contributed by atoms with van der Waals surface area (Å²) in [6, 6.07) is 14.1. The third kappa shape index (κ3) is 7.00. The highest BCUT2D eigenvalue weighted by Gasteiger charge is 2.23. The fraction of sp³-hybridized carbons (Fsp3) is 0.464. The smallest absolute Gasteiger partial charge is 0.254 e. The third-order valence-electron chi connectivity index (χ3n) is 6.26. The lowest BCUT2D eigenvalue weighted by molar-refractivity contribution is 0.0762. The molecule has 1 fully saturated rings. The Kier molecular flexibility index (Phi) is 9.83. The first-order chi connectivity index (χ1) is 16.5. The van der Waals surface area contributed by atoms with Crippen molar-refractivity contribution in [3.63, 3.8) is 0 Å². The lowest BCUT2D eigenvalue weighted by atomic mass is 10.1. The van der Waals surface area contributed by atoms with Crippen molar-refractivity contribution >= 4 is 12.0 Å². The fourth-order valence-corrected chi connectivity index (χ4v) is 4.48. The van der Waals surface area contributed by atoms with E-state index in [1.165, 1.54) is 19.3 Å². The fourth-order valence-electron chi connectivity index (χ4n) is 4.48. The Balaban J connectivity index is 1.85. The number of nitrogens with one attached hydrogen (secondary N) is 1. The van der Waals surface area contributed by atoms with Gasteiger partial charge in [-0.25, -0.2) is 0 Å². The Bertz CT molecular complexity index is 925. The molecule has 0 aliphatic carbocycles. The summed E-state index contributed by atoms with van der Waals surface area (Å²) in [7, 11) is 4.69. The van der Waals surface area contributed by atoms with Crippen molar-refractivity contribution in [1.82, 2.24) is 10.2 Å². The molecule has 6 heteroatoms. The summed E-state index contributed by atoms with van der Waals surface area (Å²) in [5.74, 6) is 1.39. The standard InChI is InChI=1S/C28H38N2O4/c1-21(17-22-11-7-5-8-12-22)20-30(16-14-24-13-9-6-10-15-29-24)28(31)23-18-25(32-2)27(34-4)26(19-23)33-3/h5,7-8,11-12,17-19,24,29H,6,9-10,13-16,20H2,1-4H3/b21-17+. The molecule has 3 rings (SSSR count). The number of benzene rings is 2. The maximum atomic E-state index is 13.7. The van der Waals surface area contributed by atoms with Gasteiger partial charge in [0.1, 0.15) is 0 Å². The molecule has 0 radical (unpaired) electrons. The molecule has 1 unspecified atom stereocenters. The molecule has 2 aromatic rings. The van der Waals surface area contributed by atoms with Crippen LogP contribution >= 0.6 is 0 Å². The number of nitrogens with zero attached hydrogens (tertiary/aromatic N) is 1. The van der Waals surface area contributed by atoms with Crippen LogP contribution in [0.25, 0.3) is 6.08 Å². The number of carbonyl (C=O) groups is 1. The lowest BCUT2D eigenvalue weighted by Crippen LogP contribution is -2.38. The van der Waals surface area contributed by atoms with Crippen LogP contribution in [-0.2, 0) is 0 Å². The Morgan fingerprint density at radius 2 is 1.74 bits per heavy atom. The molecule has 0 bridgehead atoms. The zero-order valence-electron chi connectivity index (χ0n) is 20.9. The molecular formula is C28H38N2O4. The molecule has 2 aromatic carbocycles. The average molecular weight is 467 g/mol. The number of ether oxygens (including phenoxy) is 3. The first-order valence-electron chi connectivity index (χ1n) is 12.1. The summed E-state index contributed by atoms with van der Waals surface area (Å²) in [6.07, 6.45) is 7.96. The van der Waals surface area contributed by atoms with E-state index in [1.54, 1.807) is 33.5 Å². The topological polar surface area (TPSA) is 60.0 Å². The van der Waals surface area contributed by atoms with Gasteiger partial charge < -0.3 is 24.4 Å². The molecule has 1 saturated heterocycles. The van der Waals surface area contributed by atoms with E-state index >= 15 is 0 Å². The quantitative estimate of drug-likeness (QED) is 0.523. The third-order valence-corrected chi connectivity index (χ3v) is 6.26. The first-order valence-corrected chi connectivity index (χ1v) is 12.1.